The van der Waals surface area contributed by atoms with Crippen LogP contribution in [0, 0.1) is 3.70 Å². The lowest BCUT2D eigenvalue weighted by Gasteiger charge is -2.17. The minimum Gasteiger partial charge on any atom is -0.466 e. The summed E-state index contributed by atoms with van der Waals surface area (Å²) in [5, 5.41) is 0. The number of esters is 1. The molecule has 3 nitrogen and oxygen atoms in total. The van der Waals surface area contributed by atoms with Gasteiger partial charge in [0.15, 0.2) is 0 Å². The minimum atomic E-state index is -4.88. The van der Waals surface area contributed by atoms with Gasteiger partial charge in [0.25, 0.3) is 6.43 Å². The van der Waals surface area contributed by atoms with Crippen LogP contribution in [-0.4, -0.2) is 17.6 Å². The van der Waals surface area contributed by atoms with E-state index < -0.39 is 45.4 Å². The summed E-state index contributed by atoms with van der Waals surface area (Å²) < 4.78 is 68.5. The molecule has 0 saturated carbocycles. The van der Waals surface area contributed by atoms with Crippen LogP contribution in [0.5, 0.6) is 0 Å². The highest BCUT2D eigenvalue weighted by Crippen LogP contribution is 2.38. The SMILES string of the molecule is CCOC(=O)Cc1c(C(F)F)cnc(I)c1C(F)(F)F. The average molecular weight is 409 g/mol. The number of carbonyl (C=O) groups is 1. The van der Waals surface area contributed by atoms with E-state index in [0.29, 0.717) is 6.20 Å². The second-order valence-electron chi connectivity index (χ2n) is 3.64. The highest BCUT2D eigenvalue weighted by Gasteiger charge is 2.39. The Bertz CT molecular complexity index is 504. The number of hydrogen-bond donors (Lipinski definition) is 0. The van der Waals surface area contributed by atoms with E-state index in [9.17, 15) is 26.7 Å². The Morgan fingerprint density at radius 2 is 2.05 bits per heavy atom. The van der Waals surface area contributed by atoms with Crippen molar-refractivity contribution in [1.82, 2.24) is 4.98 Å². The molecule has 0 N–H and O–H groups in total. The van der Waals surface area contributed by atoms with Crippen LogP contribution in [0.25, 0.3) is 0 Å². The molecular weight excluding hydrogens is 400 g/mol. The molecule has 20 heavy (non-hydrogen) atoms. The van der Waals surface area contributed by atoms with Crippen LogP contribution in [0.3, 0.4) is 0 Å². The summed E-state index contributed by atoms with van der Waals surface area (Å²) in [6.45, 7) is 1.42. The highest BCUT2D eigenvalue weighted by atomic mass is 127. The monoisotopic (exact) mass is 409 g/mol. The number of aromatic nitrogens is 1. The van der Waals surface area contributed by atoms with Gasteiger partial charge >= 0.3 is 12.1 Å². The molecule has 0 bridgehead atoms. The van der Waals surface area contributed by atoms with Crippen LogP contribution in [0.1, 0.15) is 30.0 Å². The number of halogens is 6. The zero-order chi connectivity index (χ0) is 15.5. The molecule has 1 aromatic rings. The normalized spacial score (nSPS) is 11.8. The van der Waals surface area contributed by atoms with E-state index >= 15 is 0 Å². The van der Waals surface area contributed by atoms with Gasteiger partial charge in [0.1, 0.15) is 3.70 Å². The number of ether oxygens (including phenoxy) is 1. The van der Waals surface area contributed by atoms with Gasteiger partial charge in [-0.15, -0.1) is 0 Å². The van der Waals surface area contributed by atoms with Crippen molar-refractivity contribution >= 4 is 28.6 Å². The van der Waals surface area contributed by atoms with Crippen molar-refractivity contribution in [2.45, 2.75) is 25.9 Å². The Kier molecular flexibility index (Phi) is 5.66. The first-order valence-electron chi connectivity index (χ1n) is 5.36. The largest absolute Gasteiger partial charge is 0.466 e. The average Bonchev–Trinajstić information content (AvgIpc) is 2.26. The number of nitrogens with zero attached hydrogens (tertiary/aromatic N) is 1. The summed E-state index contributed by atoms with van der Waals surface area (Å²) >= 11 is 1.29. The van der Waals surface area contributed by atoms with Crippen molar-refractivity contribution in [1.29, 1.82) is 0 Å². The molecule has 0 aromatic carbocycles. The van der Waals surface area contributed by atoms with E-state index in [-0.39, 0.29) is 6.61 Å². The summed E-state index contributed by atoms with van der Waals surface area (Å²) in [5.74, 6) is -0.998. The van der Waals surface area contributed by atoms with E-state index in [0.717, 1.165) is 0 Å². The predicted molar refractivity (Wildman–Crippen MR) is 67.3 cm³/mol. The maximum Gasteiger partial charge on any atom is 0.419 e. The second-order valence-corrected chi connectivity index (χ2v) is 4.66. The van der Waals surface area contributed by atoms with Crippen LogP contribution < -0.4 is 0 Å². The second kappa shape index (κ2) is 6.64. The third-order valence-corrected chi connectivity index (χ3v) is 3.14. The van der Waals surface area contributed by atoms with Crippen LogP contribution in [0.15, 0.2) is 6.20 Å². The fraction of sp³-hybridized carbons (Fsp3) is 0.455. The summed E-state index contributed by atoms with van der Waals surface area (Å²) in [5.41, 5.74) is -3.01. The molecule has 0 unspecified atom stereocenters. The van der Waals surface area contributed by atoms with E-state index in [1.165, 1.54) is 29.5 Å². The molecule has 0 radical (unpaired) electrons. The van der Waals surface area contributed by atoms with Gasteiger partial charge in [0.2, 0.25) is 0 Å². The molecule has 1 aromatic heterocycles. The fourth-order valence-corrected chi connectivity index (χ4v) is 2.33. The fourth-order valence-electron chi connectivity index (χ4n) is 1.56. The number of alkyl halides is 5. The Morgan fingerprint density at radius 3 is 2.50 bits per heavy atom. The molecule has 9 heteroatoms. The maximum atomic E-state index is 12.9. The van der Waals surface area contributed by atoms with E-state index in [2.05, 4.69) is 9.72 Å². The molecule has 112 valence electrons. The molecule has 1 heterocycles. The Labute approximate surface area is 124 Å². The number of carbonyl (C=O) groups excluding carboxylic acids is 1. The summed E-state index contributed by atoms with van der Waals surface area (Å²) in [6, 6.07) is 0. The van der Waals surface area contributed by atoms with Crippen molar-refractivity contribution in [3.63, 3.8) is 0 Å². The van der Waals surface area contributed by atoms with Crippen molar-refractivity contribution in [2.75, 3.05) is 6.61 Å². The molecule has 0 amide bonds. The minimum absolute atomic E-state index is 0.0492. The molecule has 1 rings (SSSR count). The van der Waals surface area contributed by atoms with Crippen LogP contribution in [-0.2, 0) is 22.1 Å². The molecule has 0 fully saturated rings. The molecule has 0 aliphatic carbocycles. The van der Waals surface area contributed by atoms with E-state index in [1.807, 2.05) is 0 Å². The van der Waals surface area contributed by atoms with Gasteiger partial charge in [-0.1, -0.05) is 0 Å². The summed E-state index contributed by atoms with van der Waals surface area (Å²) in [7, 11) is 0. The van der Waals surface area contributed by atoms with Gasteiger partial charge in [-0.2, -0.15) is 13.2 Å². The summed E-state index contributed by atoms with van der Waals surface area (Å²) in [6.07, 6.45) is -8.27. The Hall–Kier alpha value is -1.00. The molecule has 0 aliphatic rings. The summed E-state index contributed by atoms with van der Waals surface area (Å²) in [4.78, 5) is 14.6. The van der Waals surface area contributed by atoms with Gasteiger partial charge in [-0.3, -0.25) is 4.79 Å². The molecular formula is C11H9F5INO2. The first-order valence-corrected chi connectivity index (χ1v) is 6.44. The number of pyridine rings is 1. The standard InChI is InChI=1S/C11H9F5INO2/c1-2-20-7(19)3-5-6(9(12)13)4-18-10(17)8(5)11(14,15)16/h4,9H,2-3H2,1H3. The van der Waals surface area contributed by atoms with Gasteiger partial charge in [0.05, 0.1) is 18.6 Å². The quantitative estimate of drug-likeness (QED) is 0.329. The smallest absolute Gasteiger partial charge is 0.419 e. The molecule has 0 atom stereocenters. The van der Waals surface area contributed by atoms with Gasteiger partial charge < -0.3 is 4.74 Å². The topological polar surface area (TPSA) is 39.2 Å². The number of hydrogen-bond acceptors (Lipinski definition) is 3. The highest BCUT2D eigenvalue weighted by molar-refractivity contribution is 14.1. The predicted octanol–water partition coefficient (Wildman–Crippen LogP) is 3.75. The first kappa shape index (κ1) is 17.1. The molecule has 0 spiro atoms. The van der Waals surface area contributed by atoms with Gasteiger partial charge in [-0.25, -0.2) is 13.8 Å². The van der Waals surface area contributed by atoms with Crippen LogP contribution >= 0.6 is 22.6 Å². The van der Waals surface area contributed by atoms with Crippen LogP contribution in [0.2, 0.25) is 0 Å². The van der Waals surface area contributed by atoms with E-state index in [1.54, 1.807) is 0 Å². The van der Waals surface area contributed by atoms with Gasteiger partial charge in [-0.05, 0) is 35.1 Å². The molecule has 0 saturated heterocycles. The molecule has 0 aliphatic heterocycles. The third-order valence-electron chi connectivity index (χ3n) is 2.32. The van der Waals surface area contributed by atoms with Crippen molar-refractivity contribution in [3.05, 3.63) is 26.6 Å². The Balaban J connectivity index is 3.41. The lowest BCUT2D eigenvalue weighted by Crippen LogP contribution is -2.19. The van der Waals surface area contributed by atoms with E-state index in [4.69, 9.17) is 0 Å². The van der Waals surface area contributed by atoms with Crippen molar-refractivity contribution < 1.29 is 31.5 Å². The lowest BCUT2D eigenvalue weighted by molar-refractivity contribution is -0.143. The van der Waals surface area contributed by atoms with Gasteiger partial charge in [0, 0.05) is 11.8 Å². The van der Waals surface area contributed by atoms with Crippen LogP contribution in [0.4, 0.5) is 22.0 Å². The van der Waals surface area contributed by atoms with Crippen molar-refractivity contribution in [3.8, 4) is 0 Å². The zero-order valence-electron chi connectivity index (χ0n) is 10.1. The lowest BCUT2D eigenvalue weighted by atomic mass is 10.0. The maximum absolute atomic E-state index is 12.9. The zero-order valence-corrected chi connectivity index (χ0v) is 12.3. The third kappa shape index (κ3) is 4.00. The first-order chi connectivity index (χ1) is 9.18. The Morgan fingerprint density at radius 1 is 1.45 bits per heavy atom. The van der Waals surface area contributed by atoms with Crippen molar-refractivity contribution in [2.24, 2.45) is 0 Å². The number of rotatable bonds is 4.